The van der Waals surface area contributed by atoms with Crippen LogP contribution in [0.2, 0.25) is 0 Å². The lowest BCUT2D eigenvalue weighted by Crippen LogP contribution is -2.39. The molecule has 0 saturated carbocycles. The molecule has 1 saturated heterocycles. The molecule has 1 heterocycles. The van der Waals surface area contributed by atoms with Gasteiger partial charge in [-0.05, 0) is 18.8 Å². The van der Waals surface area contributed by atoms with E-state index in [9.17, 15) is 4.79 Å². The highest BCUT2D eigenvalue weighted by Crippen LogP contribution is 2.19. The van der Waals surface area contributed by atoms with Crippen LogP contribution in [0.15, 0.2) is 0 Å². The first-order chi connectivity index (χ1) is 6.65. The fourth-order valence-corrected chi connectivity index (χ4v) is 1.91. The molecule has 0 radical (unpaired) electrons. The first kappa shape index (κ1) is 11.5. The van der Waals surface area contributed by atoms with E-state index in [1.165, 1.54) is 0 Å². The molecule has 1 aliphatic rings. The van der Waals surface area contributed by atoms with Gasteiger partial charge in [0.05, 0.1) is 12.6 Å². The molecule has 0 aliphatic carbocycles. The lowest BCUT2D eigenvalue weighted by Gasteiger charge is -2.24. The number of hydrogen-bond acceptors (Lipinski definition) is 3. The fourth-order valence-electron chi connectivity index (χ4n) is 1.91. The van der Waals surface area contributed by atoms with Gasteiger partial charge in [0, 0.05) is 13.0 Å². The Morgan fingerprint density at radius 2 is 2.36 bits per heavy atom. The molecule has 4 heteroatoms. The number of carbonyl (C=O) groups excluding carboxylic acids is 1. The topological polar surface area (TPSA) is 55.6 Å². The maximum absolute atomic E-state index is 11.8. The first-order valence-corrected chi connectivity index (χ1v) is 5.26. The third-order valence-electron chi connectivity index (χ3n) is 2.57. The van der Waals surface area contributed by atoms with Gasteiger partial charge in [0.15, 0.2) is 0 Å². The highest BCUT2D eigenvalue weighted by Gasteiger charge is 2.28. The van der Waals surface area contributed by atoms with Crippen LogP contribution in [0.1, 0.15) is 33.1 Å². The van der Waals surface area contributed by atoms with Crippen LogP contribution in [-0.2, 0) is 9.63 Å². The van der Waals surface area contributed by atoms with Crippen molar-refractivity contribution in [3.05, 3.63) is 0 Å². The van der Waals surface area contributed by atoms with E-state index in [1.54, 1.807) is 0 Å². The van der Waals surface area contributed by atoms with Crippen LogP contribution in [0, 0.1) is 5.92 Å². The van der Waals surface area contributed by atoms with E-state index in [4.69, 9.17) is 5.90 Å². The van der Waals surface area contributed by atoms with Gasteiger partial charge in [-0.1, -0.05) is 13.8 Å². The van der Waals surface area contributed by atoms with E-state index in [0.29, 0.717) is 18.9 Å². The summed E-state index contributed by atoms with van der Waals surface area (Å²) in [5.74, 6) is 5.69. The average Bonchev–Trinajstić information content (AvgIpc) is 2.51. The van der Waals surface area contributed by atoms with Crippen molar-refractivity contribution in [3.63, 3.8) is 0 Å². The molecule has 2 N–H and O–H groups in total. The molecule has 82 valence electrons. The van der Waals surface area contributed by atoms with Gasteiger partial charge >= 0.3 is 0 Å². The van der Waals surface area contributed by atoms with Gasteiger partial charge in [-0.2, -0.15) is 0 Å². The van der Waals surface area contributed by atoms with Crippen molar-refractivity contribution < 1.29 is 9.63 Å². The Bertz CT molecular complexity index is 195. The summed E-state index contributed by atoms with van der Waals surface area (Å²) in [5.41, 5.74) is 0. The third kappa shape index (κ3) is 2.96. The molecule has 4 nitrogen and oxygen atoms in total. The maximum Gasteiger partial charge on any atom is 0.223 e. The van der Waals surface area contributed by atoms with Crippen LogP contribution in [0.4, 0.5) is 0 Å². The second kappa shape index (κ2) is 5.32. The summed E-state index contributed by atoms with van der Waals surface area (Å²) in [6.45, 7) is 5.44. The van der Waals surface area contributed by atoms with E-state index in [-0.39, 0.29) is 11.9 Å². The van der Waals surface area contributed by atoms with Gasteiger partial charge in [0.25, 0.3) is 0 Å². The lowest BCUT2D eigenvalue weighted by molar-refractivity contribution is -0.133. The summed E-state index contributed by atoms with van der Waals surface area (Å²) < 4.78 is 0. The molecule has 0 aromatic heterocycles. The van der Waals surface area contributed by atoms with E-state index in [2.05, 4.69) is 18.7 Å². The number of hydrogen-bond donors (Lipinski definition) is 1. The van der Waals surface area contributed by atoms with Crippen LogP contribution in [-0.4, -0.2) is 30.0 Å². The smallest absolute Gasteiger partial charge is 0.223 e. The molecule has 1 rings (SSSR count). The monoisotopic (exact) mass is 200 g/mol. The zero-order valence-electron chi connectivity index (χ0n) is 9.03. The first-order valence-electron chi connectivity index (χ1n) is 5.26. The van der Waals surface area contributed by atoms with Gasteiger partial charge < -0.3 is 9.74 Å². The number of nitrogens with zero attached hydrogens (tertiary/aromatic N) is 1. The molecular formula is C10H20N2O2. The summed E-state index contributed by atoms with van der Waals surface area (Å²) >= 11 is 0. The van der Waals surface area contributed by atoms with Crippen LogP contribution in [0.5, 0.6) is 0 Å². The Balaban J connectivity index is 2.44. The molecule has 14 heavy (non-hydrogen) atoms. The van der Waals surface area contributed by atoms with Gasteiger partial charge in [0.1, 0.15) is 0 Å². The summed E-state index contributed by atoms with van der Waals surface area (Å²) in [6.07, 6.45) is 2.71. The minimum absolute atomic E-state index is 0.200. The zero-order valence-corrected chi connectivity index (χ0v) is 9.03. The molecule has 0 aromatic carbocycles. The highest BCUT2D eigenvalue weighted by molar-refractivity contribution is 5.77. The summed E-state index contributed by atoms with van der Waals surface area (Å²) in [7, 11) is 0. The quantitative estimate of drug-likeness (QED) is 0.686. The van der Waals surface area contributed by atoms with Gasteiger partial charge in [0.2, 0.25) is 5.91 Å². The van der Waals surface area contributed by atoms with E-state index in [1.807, 2.05) is 4.90 Å². The molecule has 1 atom stereocenters. The number of nitrogens with two attached hydrogens (primary N) is 1. The minimum Gasteiger partial charge on any atom is -0.337 e. The Morgan fingerprint density at radius 1 is 1.64 bits per heavy atom. The summed E-state index contributed by atoms with van der Waals surface area (Å²) in [5, 5.41) is 0. The molecule has 1 aliphatic heterocycles. The molecule has 0 bridgehead atoms. The van der Waals surface area contributed by atoms with Crippen LogP contribution in [0.3, 0.4) is 0 Å². The number of carbonyl (C=O) groups is 1. The molecule has 1 unspecified atom stereocenters. The van der Waals surface area contributed by atoms with Crippen molar-refractivity contribution >= 4 is 5.91 Å². The van der Waals surface area contributed by atoms with Crippen molar-refractivity contribution in [2.24, 2.45) is 11.8 Å². The molecule has 1 amide bonds. The number of likely N-dealkylation sites (tertiary alicyclic amines) is 1. The van der Waals surface area contributed by atoms with E-state index >= 15 is 0 Å². The fraction of sp³-hybridized carbons (Fsp3) is 0.900. The Morgan fingerprint density at radius 3 is 2.93 bits per heavy atom. The van der Waals surface area contributed by atoms with Crippen LogP contribution < -0.4 is 5.90 Å². The van der Waals surface area contributed by atoms with Crippen molar-refractivity contribution in [2.75, 3.05) is 13.2 Å². The summed E-state index contributed by atoms with van der Waals surface area (Å²) in [6, 6.07) is 0.200. The molecule has 0 aromatic rings. The number of amides is 1. The highest BCUT2D eigenvalue weighted by atomic mass is 16.6. The van der Waals surface area contributed by atoms with E-state index < -0.39 is 0 Å². The Hall–Kier alpha value is -0.610. The molecule has 1 fully saturated rings. The van der Waals surface area contributed by atoms with Gasteiger partial charge in [-0.3, -0.25) is 4.79 Å². The second-order valence-electron chi connectivity index (χ2n) is 4.31. The van der Waals surface area contributed by atoms with Crippen LogP contribution >= 0.6 is 0 Å². The predicted molar refractivity (Wildman–Crippen MR) is 54.3 cm³/mol. The van der Waals surface area contributed by atoms with E-state index in [0.717, 1.165) is 19.4 Å². The predicted octanol–water partition coefficient (Wildman–Crippen LogP) is 0.914. The number of rotatable bonds is 4. The third-order valence-corrected chi connectivity index (χ3v) is 2.57. The Labute approximate surface area is 85.3 Å². The normalized spacial score (nSPS) is 22.0. The maximum atomic E-state index is 11.8. The minimum atomic E-state index is 0.200. The lowest BCUT2D eigenvalue weighted by atomic mass is 10.1. The second-order valence-corrected chi connectivity index (χ2v) is 4.31. The average molecular weight is 200 g/mol. The van der Waals surface area contributed by atoms with Crippen molar-refractivity contribution in [1.29, 1.82) is 0 Å². The van der Waals surface area contributed by atoms with Gasteiger partial charge in [-0.15, -0.1) is 0 Å². The standard InChI is InChI=1S/C10H20N2O2/c1-8(2)6-10(13)12-5-3-4-9(12)7-14-11/h8-9H,3-7,11H2,1-2H3. The van der Waals surface area contributed by atoms with Gasteiger partial charge in [-0.25, -0.2) is 5.90 Å². The molecular weight excluding hydrogens is 180 g/mol. The van der Waals surface area contributed by atoms with Crippen molar-refractivity contribution in [2.45, 2.75) is 39.2 Å². The molecule has 0 spiro atoms. The zero-order chi connectivity index (χ0) is 10.6. The largest absolute Gasteiger partial charge is 0.337 e. The summed E-state index contributed by atoms with van der Waals surface area (Å²) in [4.78, 5) is 18.3. The van der Waals surface area contributed by atoms with Crippen molar-refractivity contribution in [1.82, 2.24) is 4.90 Å². The van der Waals surface area contributed by atoms with Crippen LogP contribution in [0.25, 0.3) is 0 Å². The van der Waals surface area contributed by atoms with Crippen molar-refractivity contribution in [3.8, 4) is 0 Å². The Kier molecular flexibility index (Phi) is 4.35. The SMILES string of the molecule is CC(C)CC(=O)N1CCCC1CON.